The summed E-state index contributed by atoms with van der Waals surface area (Å²) >= 11 is 0. The second kappa shape index (κ2) is 8.86. The van der Waals surface area contributed by atoms with Crippen LogP contribution in [-0.4, -0.2) is 35.3 Å². The highest BCUT2D eigenvalue weighted by atomic mass is 16.5. The maximum Gasteiger partial charge on any atom is 0.336 e. The summed E-state index contributed by atoms with van der Waals surface area (Å²) in [6.07, 6.45) is 0.768. The standard InChI is InChI=1S/C22H25N3O5/c1-5-14(2)23-20(26)13-24-19-9-7-6-8-18(19)21(27)25(22(24)28)15-10-16(29-3)12-17(11-15)30-4/h6-12,14H,5,13H2,1-4H3,(H,23,26)/t14-/m1/s1. The van der Waals surface area contributed by atoms with Crippen molar-refractivity contribution >= 4 is 16.8 Å². The third-order valence-corrected chi connectivity index (χ3v) is 4.97. The van der Waals surface area contributed by atoms with Gasteiger partial charge in [0, 0.05) is 24.2 Å². The lowest BCUT2D eigenvalue weighted by Gasteiger charge is -2.16. The average Bonchev–Trinajstić information content (AvgIpc) is 2.76. The Kier molecular flexibility index (Phi) is 6.25. The summed E-state index contributed by atoms with van der Waals surface area (Å²) in [5.74, 6) is 0.569. The van der Waals surface area contributed by atoms with Crippen LogP contribution < -0.4 is 26.0 Å². The minimum atomic E-state index is -0.617. The number of nitrogens with one attached hydrogen (secondary N) is 1. The number of benzene rings is 2. The summed E-state index contributed by atoms with van der Waals surface area (Å²) in [5.41, 5.74) is -0.404. The Bertz CT molecular complexity index is 1170. The van der Waals surface area contributed by atoms with E-state index in [1.54, 1.807) is 42.5 Å². The van der Waals surface area contributed by atoms with Crippen molar-refractivity contribution in [1.82, 2.24) is 14.5 Å². The van der Waals surface area contributed by atoms with Crippen molar-refractivity contribution < 1.29 is 14.3 Å². The number of aromatic nitrogens is 2. The van der Waals surface area contributed by atoms with Crippen molar-refractivity contribution in [2.75, 3.05) is 14.2 Å². The summed E-state index contributed by atoms with van der Waals surface area (Å²) in [7, 11) is 2.97. The van der Waals surface area contributed by atoms with E-state index in [1.807, 2.05) is 13.8 Å². The molecule has 1 amide bonds. The number of para-hydroxylation sites is 1. The number of nitrogens with zero attached hydrogens (tertiary/aromatic N) is 2. The van der Waals surface area contributed by atoms with Gasteiger partial charge in [-0.1, -0.05) is 19.1 Å². The third-order valence-electron chi connectivity index (χ3n) is 4.97. The Hall–Kier alpha value is -3.55. The van der Waals surface area contributed by atoms with Gasteiger partial charge in [-0.25, -0.2) is 9.36 Å². The minimum Gasteiger partial charge on any atom is -0.497 e. The molecular formula is C22H25N3O5. The molecule has 3 rings (SSSR count). The summed E-state index contributed by atoms with van der Waals surface area (Å²) in [6.45, 7) is 3.65. The second-order valence-corrected chi connectivity index (χ2v) is 6.97. The van der Waals surface area contributed by atoms with Crippen molar-refractivity contribution in [2.45, 2.75) is 32.9 Å². The molecule has 0 aliphatic rings. The van der Waals surface area contributed by atoms with Crippen LogP contribution in [0.2, 0.25) is 0 Å². The molecule has 0 aliphatic heterocycles. The lowest BCUT2D eigenvalue weighted by Crippen LogP contribution is -2.43. The van der Waals surface area contributed by atoms with Gasteiger partial charge in [0.1, 0.15) is 18.0 Å². The molecule has 0 saturated carbocycles. The summed E-state index contributed by atoms with van der Waals surface area (Å²) in [4.78, 5) is 39.1. The first kappa shape index (κ1) is 21.2. The Morgan fingerprint density at radius 3 is 2.30 bits per heavy atom. The molecule has 3 aromatic rings. The highest BCUT2D eigenvalue weighted by molar-refractivity contribution is 5.82. The lowest BCUT2D eigenvalue weighted by atomic mass is 10.2. The smallest absolute Gasteiger partial charge is 0.336 e. The molecule has 158 valence electrons. The van der Waals surface area contributed by atoms with Crippen LogP contribution in [-0.2, 0) is 11.3 Å². The topological polar surface area (TPSA) is 91.6 Å². The van der Waals surface area contributed by atoms with Gasteiger partial charge in [0.2, 0.25) is 5.91 Å². The SMILES string of the molecule is CC[C@@H](C)NC(=O)Cn1c(=O)n(-c2cc(OC)cc(OC)c2)c(=O)c2ccccc21. The molecule has 0 spiro atoms. The van der Waals surface area contributed by atoms with Gasteiger partial charge in [0.05, 0.1) is 30.8 Å². The lowest BCUT2D eigenvalue weighted by molar-refractivity contribution is -0.122. The zero-order valence-electron chi connectivity index (χ0n) is 17.5. The van der Waals surface area contributed by atoms with E-state index in [4.69, 9.17) is 9.47 Å². The molecule has 0 fully saturated rings. The molecule has 0 aliphatic carbocycles. The monoisotopic (exact) mass is 411 g/mol. The van der Waals surface area contributed by atoms with Crippen LogP contribution in [0.25, 0.3) is 16.6 Å². The van der Waals surface area contributed by atoms with Crippen LogP contribution in [0.15, 0.2) is 52.1 Å². The van der Waals surface area contributed by atoms with Crippen molar-refractivity contribution in [3.05, 3.63) is 63.3 Å². The fourth-order valence-electron chi connectivity index (χ4n) is 3.19. The molecule has 8 heteroatoms. The molecule has 8 nitrogen and oxygen atoms in total. The highest BCUT2D eigenvalue weighted by Crippen LogP contribution is 2.24. The van der Waals surface area contributed by atoms with Gasteiger partial charge in [-0.15, -0.1) is 0 Å². The van der Waals surface area contributed by atoms with Crippen LogP contribution >= 0.6 is 0 Å². The van der Waals surface area contributed by atoms with Crippen molar-refractivity contribution in [3.63, 3.8) is 0 Å². The van der Waals surface area contributed by atoms with Gasteiger partial charge >= 0.3 is 5.69 Å². The molecule has 0 unspecified atom stereocenters. The molecule has 1 heterocycles. The predicted molar refractivity (Wildman–Crippen MR) is 115 cm³/mol. The van der Waals surface area contributed by atoms with E-state index < -0.39 is 11.2 Å². The Morgan fingerprint density at radius 1 is 1.07 bits per heavy atom. The molecule has 30 heavy (non-hydrogen) atoms. The normalized spacial score (nSPS) is 11.9. The molecule has 1 atom stereocenters. The van der Waals surface area contributed by atoms with E-state index >= 15 is 0 Å². The van der Waals surface area contributed by atoms with Gasteiger partial charge in [0.15, 0.2) is 0 Å². The number of hydrogen-bond acceptors (Lipinski definition) is 5. The zero-order chi connectivity index (χ0) is 21.8. The fourth-order valence-corrected chi connectivity index (χ4v) is 3.19. The predicted octanol–water partition coefficient (Wildman–Crippen LogP) is 2.08. The Balaban J connectivity index is 2.26. The van der Waals surface area contributed by atoms with Gasteiger partial charge in [-0.2, -0.15) is 0 Å². The number of methoxy groups -OCH3 is 2. The third kappa shape index (κ3) is 4.07. The first-order valence-corrected chi connectivity index (χ1v) is 9.67. The molecule has 0 saturated heterocycles. The Labute approximate surface area is 173 Å². The molecular weight excluding hydrogens is 386 g/mol. The van der Waals surface area contributed by atoms with Crippen LogP contribution in [0.1, 0.15) is 20.3 Å². The molecule has 1 aromatic heterocycles. The number of carbonyl (C=O) groups excluding carboxylic acids is 1. The molecule has 0 radical (unpaired) electrons. The summed E-state index contributed by atoms with van der Waals surface area (Å²) < 4.78 is 12.9. The van der Waals surface area contributed by atoms with E-state index in [2.05, 4.69) is 5.32 Å². The fraction of sp³-hybridized carbons (Fsp3) is 0.318. The van der Waals surface area contributed by atoms with Crippen molar-refractivity contribution in [1.29, 1.82) is 0 Å². The van der Waals surface area contributed by atoms with Crippen molar-refractivity contribution in [3.8, 4) is 17.2 Å². The molecule has 0 bridgehead atoms. The van der Waals surface area contributed by atoms with Crippen LogP contribution in [0.4, 0.5) is 0 Å². The number of hydrogen-bond donors (Lipinski definition) is 1. The molecule has 1 N–H and O–H groups in total. The summed E-state index contributed by atoms with van der Waals surface area (Å²) in [5, 5.41) is 3.18. The molecule has 2 aromatic carbocycles. The van der Waals surface area contributed by atoms with E-state index in [-0.39, 0.29) is 18.5 Å². The number of fused-ring (bicyclic) bond motifs is 1. The maximum atomic E-state index is 13.4. The van der Waals surface area contributed by atoms with E-state index in [9.17, 15) is 14.4 Å². The number of amides is 1. The van der Waals surface area contributed by atoms with Gasteiger partial charge in [-0.05, 0) is 25.5 Å². The van der Waals surface area contributed by atoms with Crippen LogP contribution in [0.5, 0.6) is 11.5 Å². The van der Waals surface area contributed by atoms with E-state index in [0.717, 1.165) is 11.0 Å². The number of ether oxygens (including phenoxy) is 2. The Morgan fingerprint density at radius 2 is 1.70 bits per heavy atom. The van der Waals surface area contributed by atoms with E-state index in [0.29, 0.717) is 28.1 Å². The van der Waals surface area contributed by atoms with Gasteiger partial charge in [-0.3, -0.25) is 14.2 Å². The number of carbonyl (C=O) groups is 1. The second-order valence-electron chi connectivity index (χ2n) is 6.97. The van der Waals surface area contributed by atoms with Crippen molar-refractivity contribution in [2.24, 2.45) is 0 Å². The zero-order valence-corrected chi connectivity index (χ0v) is 17.5. The first-order chi connectivity index (χ1) is 14.4. The largest absolute Gasteiger partial charge is 0.497 e. The van der Waals surface area contributed by atoms with Gasteiger partial charge in [0.25, 0.3) is 5.56 Å². The summed E-state index contributed by atoms with van der Waals surface area (Å²) in [6, 6.07) is 11.5. The van der Waals surface area contributed by atoms with Gasteiger partial charge < -0.3 is 14.8 Å². The number of rotatable bonds is 7. The average molecular weight is 411 g/mol. The highest BCUT2D eigenvalue weighted by Gasteiger charge is 2.18. The minimum absolute atomic E-state index is 0.0204. The first-order valence-electron chi connectivity index (χ1n) is 9.67. The van der Waals surface area contributed by atoms with Crippen LogP contribution in [0, 0.1) is 0 Å². The quantitative estimate of drug-likeness (QED) is 0.643. The maximum absolute atomic E-state index is 13.4. The van der Waals surface area contributed by atoms with E-state index in [1.165, 1.54) is 18.8 Å². The van der Waals surface area contributed by atoms with Crippen LogP contribution in [0.3, 0.4) is 0 Å².